The van der Waals surface area contributed by atoms with E-state index in [0.29, 0.717) is 30.5 Å². The van der Waals surface area contributed by atoms with E-state index < -0.39 is 6.10 Å². The number of halogens is 1. The van der Waals surface area contributed by atoms with E-state index in [4.69, 9.17) is 14.2 Å². The van der Waals surface area contributed by atoms with Crippen LogP contribution in [-0.4, -0.2) is 47.2 Å². The summed E-state index contributed by atoms with van der Waals surface area (Å²) in [6.07, 6.45) is 2.31. The largest absolute Gasteiger partial charge is 0.482 e. The minimum Gasteiger partial charge on any atom is -0.482 e. The number of aromatic nitrogens is 1. The lowest BCUT2D eigenvalue weighted by Crippen LogP contribution is -2.53. The molecule has 0 aliphatic carbocycles. The predicted octanol–water partition coefficient (Wildman–Crippen LogP) is 3.44. The second kappa shape index (κ2) is 7.76. The van der Waals surface area contributed by atoms with Crippen molar-refractivity contribution in [1.29, 1.82) is 0 Å². The molecule has 7 heteroatoms. The molecular formula is C20H21BrN2O4. The number of ether oxygens (including phenoxy) is 3. The van der Waals surface area contributed by atoms with Crippen molar-refractivity contribution in [2.45, 2.75) is 38.1 Å². The van der Waals surface area contributed by atoms with E-state index in [0.717, 1.165) is 17.3 Å². The van der Waals surface area contributed by atoms with Gasteiger partial charge >= 0.3 is 0 Å². The average Bonchev–Trinajstić information content (AvgIpc) is 2.69. The quantitative estimate of drug-likeness (QED) is 0.743. The molecule has 2 aliphatic heterocycles. The Hall–Kier alpha value is -2.28. The standard InChI is InChI=1S/C20H21BrN2O4/c1-13-18(27-17-7-3-2-6-16(17)25-13)20(24)23-11-8-14(9-12-23)26-19-15(21)5-4-10-22-19/h2-7,10,13-14,18H,8-9,11-12H2,1H3/t13-,18+/m1/s1. The number of benzene rings is 1. The van der Waals surface area contributed by atoms with Gasteiger partial charge in [0, 0.05) is 32.1 Å². The fourth-order valence-corrected chi connectivity index (χ4v) is 3.73. The molecule has 0 saturated carbocycles. The molecule has 1 aromatic heterocycles. The molecular weight excluding hydrogens is 412 g/mol. The van der Waals surface area contributed by atoms with Gasteiger partial charge in [0.05, 0.1) is 4.47 Å². The topological polar surface area (TPSA) is 60.9 Å². The molecule has 1 aromatic carbocycles. The fraction of sp³-hybridized carbons (Fsp3) is 0.400. The second-order valence-corrected chi connectivity index (χ2v) is 7.60. The molecule has 0 spiro atoms. The predicted molar refractivity (Wildman–Crippen MR) is 103 cm³/mol. The molecule has 0 unspecified atom stereocenters. The molecule has 27 heavy (non-hydrogen) atoms. The number of carbonyl (C=O) groups excluding carboxylic acids is 1. The van der Waals surface area contributed by atoms with Crippen molar-refractivity contribution in [2.24, 2.45) is 0 Å². The number of rotatable bonds is 3. The van der Waals surface area contributed by atoms with Crippen molar-refractivity contribution in [3.8, 4) is 17.4 Å². The number of nitrogens with zero attached hydrogens (tertiary/aromatic N) is 2. The third kappa shape index (κ3) is 3.88. The van der Waals surface area contributed by atoms with E-state index in [1.807, 2.05) is 48.2 Å². The van der Waals surface area contributed by atoms with Gasteiger partial charge < -0.3 is 19.1 Å². The Kier molecular flexibility index (Phi) is 5.20. The Balaban J connectivity index is 1.36. The minimum atomic E-state index is -0.623. The Morgan fingerprint density at radius 1 is 1.15 bits per heavy atom. The molecule has 3 heterocycles. The average molecular weight is 433 g/mol. The van der Waals surface area contributed by atoms with Gasteiger partial charge in [-0.3, -0.25) is 4.79 Å². The van der Waals surface area contributed by atoms with E-state index in [9.17, 15) is 4.79 Å². The molecule has 1 fully saturated rings. The molecule has 4 rings (SSSR count). The summed E-state index contributed by atoms with van der Waals surface area (Å²) in [5.41, 5.74) is 0. The summed E-state index contributed by atoms with van der Waals surface area (Å²) in [4.78, 5) is 19.0. The van der Waals surface area contributed by atoms with Gasteiger partial charge in [0.15, 0.2) is 11.5 Å². The van der Waals surface area contributed by atoms with Crippen molar-refractivity contribution in [2.75, 3.05) is 13.1 Å². The minimum absolute atomic E-state index is 0.0329. The summed E-state index contributed by atoms with van der Waals surface area (Å²) in [5, 5.41) is 0. The van der Waals surface area contributed by atoms with Gasteiger partial charge in [0.2, 0.25) is 12.0 Å². The van der Waals surface area contributed by atoms with Crippen LogP contribution >= 0.6 is 15.9 Å². The van der Waals surface area contributed by atoms with Gasteiger partial charge in [-0.2, -0.15) is 0 Å². The molecule has 0 N–H and O–H groups in total. The van der Waals surface area contributed by atoms with Crippen LogP contribution in [0.4, 0.5) is 0 Å². The van der Waals surface area contributed by atoms with Crippen LogP contribution < -0.4 is 14.2 Å². The molecule has 0 bridgehead atoms. The van der Waals surface area contributed by atoms with E-state index in [-0.39, 0.29) is 18.1 Å². The highest BCUT2D eigenvalue weighted by Crippen LogP contribution is 2.34. The molecule has 0 radical (unpaired) electrons. The van der Waals surface area contributed by atoms with Gasteiger partial charge in [-0.1, -0.05) is 12.1 Å². The molecule has 1 saturated heterocycles. The third-order valence-electron chi connectivity index (χ3n) is 4.84. The number of likely N-dealkylation sites (tertiary alicyclic amines) is 1. The molecule has 1 amide bonds. The molecule has 142 valence electrons. The van der Waals surface area contributed by atoms with Crippen LogP contribution in [0.1, 0.15) is 19.8 Å². The van der Waals surface area contributed by atoms with Crippen molar-refractivity contribution in [1.82, 2.24) is 9.88 Å². The maximum Gasteiger partial charge on any atom is 0.267 e. The lowest BCUT2D eigenvalue weighted by Gasteiger charge is -2.37. The number of hydrogen-bond acceptors (Lipinski definition) is 5. The molecule has 2 aliphatic rings. The van der Waals surface area contributed by atoms with Crippen LogP contribution in [0.15, 0.2) is 47.1 Å². The molecule has 2 aromatic rings. The molecule has 2 atom stereocenters. The number of piperidine rings is 1. The summed E-state index contributed by atoms with van der Waals surface area (Å²) in [6.45, 7) is 3.12. The highest BCUT2D eigenvalue weighted by molar-refractivity contribution is 9.10. The first-order valence-corrected chi connectivity index (χ1v) is 9.89. The first-order chi connectivity index (χ1) is 13.1. The highest BCUT2D eigenvalue weighted by atomic mass is 79.9. The number of hydrogen-bond donors (Lipinski definition) is 0. The van der Waals surface area contributed by atoms with Gasteiger partial charge in [-0.25, -0.2) is 4.98 Å². The zero-order valence-corrected chi connectivity index (χ0v) is 16.6. The van der Waals surface area contributed by atoms with E-state index in [1.165, 1.54) is 0 Å². The van der Waals surface area contributed by atoms with Gasteiger partial charge in [0.1, 0.15) is 12.2 Å². The second-order valence-electron chi connectivity index (χ2n) is 6.74. The number of pyridine rings is 1. The highest BCUT2D eigenvalue weighted by Gasteiger charge is 2.38. The lowest BCUT2D eigenvalue weighted by molar-refractivity contribution is -0.146. The van der Waals surface area contributed by atoms with E-state index in [1.54, 1.807) is 6.20 Å². The van der Waals surface area contributed by atoms with Crippen LogP contribution in [0.2, 0.25) is 0 Å². The van der Waals surface area contributed by atoms with Gasteiger partial charge in [-0.15, -0.1) is 0 Å². The van der Waals surface area contributed by atoms with Crippen LogP contribution in [0.3, 0.4) is 0 Å². The first-order valence-electron chi connectivity index (χ1n) is 9.10. The first kappa shape index (κ1) is 18.1. The number of amides is 1. The Morgan fingerprint density at radius 2 is 1.85 bits per heavy atom. The lowest BCUT2D eigenvalue weighted by atomic mass is 10.1. The monoisotopic (exact) mass is 432 g/mol. The summed E-state index contributed by atoms with van der Waals surface area (Å²) in [6, 6.07) is 11.2. The van der Waals surface area contributed by atoms with Crippen LogP contribution in [0.25, 0.3) is 0 Å². The maximum absolute atomic E-state index is 13.0. The number of para-hydroxylation sites is 2. The number of fused-ring (bicyclic) bond motifs is 1. The van der Waals surface area contributed by atoms with E-state index in [2.05, 4.69) is 20.9 Å². The van der Waals surface area contributed by atoms with Crippen molar-refractivity contribution in [3.05, 3.63) is 47.1 Å². The summed E-state index contributed by atoms with van der Waals surface area (Å²) in [7, 11) is 0. The van der Waals surface area contributed by atoms with Crippen LogP contribution in [-0.2, 0) is 4.79 Å². The van der Waals surface area contributed by atoms with Gasteiger partial charge in [0.25, 0.3) is 5.91 Å². The normalized spacial score (nSPS) is 22.4. The zero-order valence-electron chi connectivity index (χ0n) is 15.0. The van der Waals surface area contributed by atoms with Crippen LogP contribution in [0.5, 0.6) is 17.4 Å². The van der Waals surface area contributed by atoms with Crippen molar-refractivity contribution in [3.63, 3.8) is 0 Å². The smallest absolute Gasteiger partial charge is 0.267 e. The Bertz CT molecular complexity index is 823. The fourth-order valence-electron chi connectivity index (χ4n) is 3.38. The van der Waals surface area contributed by atoms with Crippen molar-refractivity contribution < 1.29 is 19.0 Å². The number of carbonyl (C=O) groups is 1. The zero-order chi connectivity index (χ0) is 18.8. The van der Waals surface area contributed by atoms with Gasteiger partial charge in [-0.05, 0) is 47.1 Å². The van der Waals surface area contributed by atoms with Crippen LogP contribution in [0, 0.1) is 0 Å². The molecule has 6 nitrogen and oxygen atoms in total. The Morgan fingerprint density at radius 3 is 2.56 bits per heavy atom. The summed E-state index contributed by atoms with van der Waals surface area (Å²) < 4.78 is 18.6. The maximum atomic E-state index is 13.0. The Labute approximate surface area is 166 Å². The SMILES string of the molecule is C[C@H]1Oc2ccccc2O[C@@H]1C(=O)N1CCC(Oc2ncccc2Br)CC1. The summed E-state index contributed by atoms with van der Waals surface area (Å²) >= 11 is 3.45. The van der Waals surface area contributed by atoms with Crippen molar-refractivity contribution >= 4 is 21.8 Å². The summed E-state index contributed by atoms with van der Waals surface area (Å²) in [5.74, 6) is 1.86. The third-order valence-corrected chi connectivity index (χ3v) is 5.45. The van der Waals surface area contributed by atoms with E-state index >= 15 is 0 Å².